The summed E-state index contributed by atoms with van der Waals surface area (Å²) in [6.07, 6.45) is 0. The van der Waals surface area contributed by atoms with Crippen LogP contribution in [0.5, 0.6) is 0 Å². The molecule has 1 atom stereocenters. The number of benzene rings is 1. The Morgan fingerprint density at radius 2 is 2.28 bits per heavy atom. The van der Waals surface area contributed by atoms with Crippen LogP contribution in [0.3, 0.4) is 0 Å². The molecule has 1 rings (SSSR count). The largest absolute Gasteiger partial charge is 0.466 e. The van der Waals surface area contributed by atoms with E-state index in [9.17, 15) is 9.18 Å². The maximum atomic E-state index is 13.0. The van der Waals surface area contributed by atoms with Crippen LogP contribution >= 0.6 is 15.9 Å². The molecular formula is C13H17BrFNO2. The monoisotopic (exact) mass is 317 g/mol. The van der Waals surface area contributed by atoms with Gasteiger partial charge in [-0.05, 0) is 30.7 Å². The molecule has 0 aromatic heterocycles. The van der Waals surface area contributed by atoms with Gasteiger partial charge in [0.25, 0.3) is 0 Å². The van der Waals surface area contributed by atoms with Gasteiger partial charge in [0, 0.05) is 17.6 Å². The van der Waals surface area contributed by atoms with Gasteiger partial charge in [-0.15, -0.1) is 0 Å². The second kappa shape index (κ2) is 7.48. The highest BCUT2D eigenvalue weighted by Gasteiger charge is 2.13. The van der Waals surface area contributed by atoms with Gasteiger partial charge in [-0.25, -0.2) is 4.39 Å². The number of ether oxygens (including phenoxy) is 1. The average molecular weight is 318 g/mol. The van der Waals surface area contributed by atoms with Gasteiger partial charge in [0.15, 0.2) is 0 Å². The summed E-state index contributed by atoms with van der Waals surface area (Å²) in [6, 6.07) is 4.53. The second-order valence-electron chi connectivity index (χ2n) is 4.02. The van der Waals surface area contributed by atoms with Gasteiger partial charge in [-0.3, -0.25) is 4.79 Å². The van der Waals surface area contributed by atoms with E-state index in [4.69, 9.17) is 4.74 Å². The van der Waals surface area contributed by atoms with Crippen molar-refractivity contribution in [2.45, 2.75) is 20.4 Å². The number of carbonyl (C=O) groups excluding carboxylic acids is 1. The topological polar surface area (TPSA) is 38.3 Å². The predicted molar refractivity (Wildman–Crippen MR) is 71.6 cm³/mol. The van der Waals surface area contributed by atoms with Crippen LogP contribution in [0.15, 0.2) is 22.7 Å². The zero-order valence-electron chi connectivity index (χ0n) is 10.5. The lowest BCUT2D eigenvalue weighted by Gasteiger charge is -2.12. The van der Waals surface area contributed by atoms with Crippen molar-refractivity contribution in [1.82, 2.24) is 5.32 Å². The molecule has 0 heterocycles. The van der Waals surface area contributed by atoms with E-state index in [0.29, 0.717) is 19.7 Å². The van der Waals surface area contributed by atoms with Crippen LogP contribution in [0, 0.1) is 11.7 Å². The minimum absolute atomic E-state index is 0.211. The van der Waals surface area contributed by atoms with Gasteiger partial charge in [0.1, 0.15) is 5.82 Å². The van der Waals surface area contributed by atoms with Crippen molar-refractivity contribution in [3.05, 3.63) is 34.1 Å². The number of nitrogens with one attached hydrogen (secondary N) is 1. The molecule has 0 saturated heterocycles. The van der Waals surface area contributed by atoms with Gasteiger partial charge in [0.2, 0.25) is 0 Å². The summed E-state index contributed by atoms with van der Waals surface area (Å²) in [5.41, 5.74) is 0.825. The van der Waals surface area contributed by atoms with Crippen molar-refractivity contribution in [3.8, 4) is 0 Å². The van der Waals surface area contributed by atoms with Crippen LogP contribution in [0.2, 0.25) is 0 Å². The molecule has 0 amide bonds. The molecular weight excluding hydrogens is 301 g/mol. The Balaban J connectivity index is 2.41. The molecule has 18 heavy (non-hydrogen) atoms. The van der Waals surface area contributed by atoms with E-state index in [0.717, 1.165) is 10.0 Å². The predicted octanol–water partition coefficient (Wildman–Crippen LogP) is 2.88. The maximum absolute atomic E-state index is 13.0. The second-order valence-corrected chi connectivity index (χ2v) is 4.87. The van der Waals surface area contributed by atoms with Crippen molar-refractivity contribution in [2.24, 2.45) is 5.92 Å². The van der Waals surface area contributed by atoms with Crippen molar-refractivity contribution < 1.29 is 13.9 Å². The number of hydrogen-bond donors (Lipinski definition) is 1. The Morgan fingerprint density at radius 3 is 2.94 bits per heavy atom. The van der Waals surface area contributed by atoms with E-state index in [2.05, 4.69) is 21.2 Å². The Hall–Kier alpha value is -0.940. The quantitative estimate of drug-likeness (QED) is 0.820. The normalized spacial score (nSPS) is 12.2. The van der Waals surface area contributed by atoms with E-state index in [1.54, 1.807) is 19.9 Å². The fourth-order valence-corrected chi connectivity index (χ4v) is 1.86. The van der Waals surface area contributed by atoms with Gasteiger partial charge in [-0.1, -0.05) is 22.9 Å². The highest BCUT2D eigenvalue weighted by molar-refractivity contribution is 9.10. The molecule has 0 spiro atoms. The molecule has 1 unspecified atom stereocenters. The smallest absolute Gasteiger partial charge is 0.309 e. The molecule has 1 aromatic rings. The first-order valence-corrected chi connectivity index (χ1v) is 6.65. The first-order valence-electron chi connectivity index (χ1n) is 5.85. The summed E-state index contributed by atoms with van der Waals surface area (Å²) in [5, 5.41) is 3.11. The summed E-state index contributed by atoms with van der Waals surface area (Å²) in [7, 11) is 0. The lowest BCUT2D eigenvalue weighted by Crippen LogP contribution is -2.27. The van der Waals surface area contributed by atoms with Crippen molar-refractivity contribution >= 4 is 21.9 Å². The lowest BCUT2D eigenvalue weighted by molar-refractivity contribution is -0.147. The van der Waals surface area contributed by atoms with Crippen molar-refractivity contribution in [2.75, 3.05) is 13.2 Å². The molecule has 0 saturated carbocycles. The minimum atomic E-state index is -0.270. The molecule has 5 heteroatoms. The molecule has 100 valence electrons. The van der Waals surface area contributed by atoms with Crippen LogP contribution < -0.4 is 5.32 Å². The zero-order valence-corrected chi connectivity index (χ0v) is 12.1. The Labute approximate surface area is 115 Å². The SMILES string of the molecule is CCOC(=O)C(C)CNCc1cc(F)ccc1Br. The van der Waals surface area contributed by atoms with Crippen LogP contribution in [0.4, 0.5) is 4.39 Å². The first-order chi connectivity index (χ1) is 8.54. The van der Waals surface area contributed by atoms with Gasteiger partial charge >= 0.3 is 5.97 Å². The number of esters is 1. The van der Waals surface area contributed by atoms with Crippen molar-refractivity contribution in [3.63, 3.8) is 0 Å². The first kappa shape index (κ1) is 15.1. The van der Waals surface area contributed by atoms with E-state index in [-0.39, 0.29) is 17.7 Å². The van der Waals surface area contributed by atoms with E-state index in [1.807, 2.05) is 0 Å². The zero-order chi connectivity index (χ0) is 13.5. The third-order valence-electron chi connectivity index (χ3n) is 2.46. The number of halogens is 2. The lowest BCUT2D eigenvalue weighted by atomic mass is 10.1. The fourth-order valence-electron chi connectivity index (χ4n) is 1.47. The maximum Gasteiger partial charge on any atom is 0.309 e. The standard InChI is InChI=1S/C13H17BrFNO2/c1-3-18-13(17)9(2)7-16-8-10-6-11(15)4-5-12(10)14/h4-6,9,16H,3,7-8H2,1-2H3. The Morgan fingerprint density at radius 1 is 1.56 bits per heavy atom. The molecule has 1 N–H and O–H groups in total. The summed E-state index contributed by atoms with van der Waals surface area (Å²) in [4.78, 5) is 11.4. The molecule has 0 aliphatic carbocycles. The van der Waals surface area contributed by atoms with E-state index >= 15 is 0 Å². The molecule has 1 aromatic carbocycles. The average Bonchev–Trinajstić information content (AvgIpc) is 2.33. The van der Waals surface area contributed by atoms with Crippen LogP contribution in [0.25, 0.3) is 0 Å². The molecule has 0 aliphatic heterocycles. The molecule has 0 aliphatic rings. The Kier molecular flexibility index (Phi) is 6.29. The summed E-state index contributed by atoms with van der Waals surface area (Å²) >= 11 is 3.35. The summed E-state index contributed by atoms with van der Waals surface area (Å²) in [5.74, 6) is -0.700. The fraction of sp³-hybridized carbons (Fsp3) is 0.462. The van der Waals surface area contributed by atoms with E-state index < -0.39 is 0 Å². The number of carbonyl (C=O) groups is 1. The third-order valence-corrected chi connectivity index (χ3v) is 3.24. The number of hydrogen-bond acceptors (Lipinski definition) is 3. The Bertz CT molecular complexity index is 412. The van der Waals surface area contributed by atoms with Crippen LogP contribution in [-0.2, 0) is 16.1 Å². The molecule has 0 bridgehead atoms. The highest BCUT2D eigenvalue weighted by atomic mass is 79.9. The van der Waals surface area contributed by atoms with Crippen LogP contribution in [-0.4, -0.2) is 19.1 Å². The van der Waals surface area contributed by atoms with Gasteiger partial charge < -0.3 is 10.1 Å². The van der Waals surface area contributed by atoms with E-state index in [1.165, 1.54) is 12.1 Å². The van der Waals surface area contributed by atoms with Crippen LogP contribution in [0.1, 0.15) is 19.4 Å². The molecule has 3 nitrogen and oxygen atoms in total. The van der Waals surface area contributed by atoms with Gasteiger partial charge in [0.05, 0.1) is 12.5 Å². The summed E-state index contributed by atoms with van der Waals surface area (Å²) in [6.45, 7) is 4.97. The highest BCUT2D eigenvalue weighted by Crippen LogP contribution is 2.17. The summed E-state index contributed by atoms with van der Waals surface area (Å²) < 4.78 is 18.8. The number of rotatable bonds is 6. The van der Waals surface area contributed by atoms with Gasteiger partial charge in [-0.2, -0.15) is 0 Å². The molecule has 0 fully saturated rings. The minimum Gasteiger partial charge on any atom is -0.466 e. The third kappa shape index (κ3) is 4.74. The van der Waals surface area contributed by atoms with Crippen molar-refractivity contribution in [1.29, 1.82) is 0 Å². The molecule has 0 radical (unpaired) electrons.